The topological polar surface area (TPSA) is 47.3 Å². The van der Waals surface area contributed by atoms with Gasteiger partial charge in [0.25, 0.3) is 0 Å². The van der Waals surface area contributed by atoms with E-state index in [0.29, 0.717) is 10.8 Å². The van der Waals surface area contributed by atoms with E-state index < -0.39 is 0 Å². The van der Waals surface area contributed by atoms with Gasteiger partial charge in [-0.15, -0.1) is 10.2 Å². The quantitative estimate of drug-likeness (QED) is 0.796. The summed E-state index contributed by atoms with van der Waals surface area (Å²) < 4.78 is 1.94. The molecule has 18 heavy (non-hydrogen) atoms. The number of hydrogen-bond acceptors (Lipinski definition) is 4. The lowest BCUT2D eigenvalue weighted by Gasteiger charge is -2.20. The molecule has 1 saturated heterocycles. The monoisotopic (exact) mass is 261 g/mol. The summed E-state index contributed by atoms with van der Waals surface area (Å²) in [4.78, 5) is 10.8. The van der Waals surface area contributed by atoms with Crippen LogP contribution in [0.3, 0.4) is 0 Å². The molecule has 5 heteroatoms. The Morgan fingerprint density at radius 3 is 3.11 bits per heavy atom. The molecule has 3 rings (SSSR count). The Balaban J connectivity index is 1.88. The number of hydrogen-bond donors (Lipinski definition) is 0. The average Bonchev–Trinajstić information content (AvgIpc) is 2.82. The molecule has 1 fully saturated rings. The van der Waals surface area contributed by atoms with E-state index >= 15 is 0 Å². The molecular formula is C13H15N3OS. The van der Waals surface area contributed by atoms with Crippen LogP contribution in [0, 0.1) is 0 Å². The van der Waals surface area contributed by atoms with Crippen molar-refractivity contribution in [3.05, 3.63) is 29.7 Å². The Kier molecular flexibility index (Phi) is 3.32. The van der Waals surface area contributed by atoms with Crippen molar-refractivity contribution in [3.63, 3.8) is 0 Å². The van der Waals surface area contributed by atoms with Crippen LogP contribution in [0.4, 0.5) is 0 Å². The predicted molar refractivity (Wildman–Crippen MR) is 72.2 cm³/mol. The van der Waals surface area contributed by atoms with Gasteiger partial charge in [-0.25, -0.2) is 0 Å². The van der Waals surface area contributed by atoms with Gasteiger partial charge in [-0.2, -0.15) is 11.8 Å². The van der Waals surface area contributed by atoms with Crippen LogP contribution in [-0.4, -0.2) is 31.9 Å². The molecule has 2 aromatic heterocycles. The van der Waals surface area contributed by atoms with Gasteiger partial charge in [0.15, 0.2) is 11.9 Å². The molecule has 0 aliphatic carbocycles. The number of carbonyl (C=O) groups is 1. The van der Waals surface area contributed by atoms with Crippen molar-refractivity contribution in [2.45, 2.75) is 30.9 Å². The number of aldehydes is 1. The molecule has 0 bridgehead atoms. The van der Waals surface area contributed by atoms with Crippen molar-refractivity contribution in [2.75, 3.05) is 5.75 Å². The van der Waals surface area contributed by atoms with E-state index in [1.165, 1.54) is 25.0 Å². The molecule has 1 aliphatic rings. The molecule has 94 valence electrons. The third kappa shape index (κ3) is 2.27. The second-order valence-electron chi connectivity index (χ2n) is 4.62. The van der Waals surface area contributed by atoms with Crippen molar-refractivity contribution >= 4 is 23.7 Å². The minimum atomic E-state index is 0.644. The van der Waals surface area contributed by atoms with E-state index in [0.717, 1.165) is 24.2 Å². The lowest BCUT2D eigenvalue weighted by molar-refractivity contribution is 0.112. The fourth-order valence-corrected chi connectivity index (χ4v) is 3.64. The first kappa shape index (κ1) is 11.7. The minimum Gasteiger partial charge on any atom is -0.298 e. The first-order chi connectivity index (χ1) is 8.86. The van der Waals surface area contributed by atoms with E-state index in [2.05, 4.69) is 10.2 Å². The number of pyridine rings is 1. The van der Waals surface area contributed by atoms with Crippen LogP contribution in [0.2, 0.25) is 0 Å². The first-order valence-electron chi connectivity index (χ1n) is 6.27. The molecule has 1 aliphatic heterocycles. The van der Waals surface area contributed by atoms with Gasteiger partial charge in [0.2, 0.25) is 0 Å². The lowest BCUT2D eigenvalue weighted by Crippen LogP contribution is -2.14. The largest absolute Gasteiger partial charge is 0.298 e. The van der Waals surface area contributed by atoms with Crippen LogP contribution in [-0.2, 0) is 6.42 Å². The Hall–Kier alpha value is -1.36. The number of aromatic nitrogens is 3. The van der Waals surface area contributed by atoms with Crippen LogP contribution >= 0.6 is 11.8 Å². The Bertz CT molecular complexity index is 560. The van der Waals surface area contributed by atoms with Crippen molar-refractivity contribution in [1.29, 1.82) is 0 Å². The van der Waals surface area contributed by atoms with Crippen molar-refractivity contribution < 1.29 is 4.79 Å². The predicted octanol–water partition coefficient (Wildman–Crippen LogP) is 2.37. The van der Waals surface area contributed by atoms with Crippen LogP contribution in [0.5, 0.6) is 0 Å². The number of nitrogens with zero attached hydrogens (tertiary/aromatic N) is 3. The summed E-state index contributed by atoms with van der Waals surface area (Å²) in [6.45, 7) is 0. The molecule has 0 aromatic carbocycles. The molecule has 0 saturated carbocycles. The molecule has 2 aromatic rings. The fourth-order valence-electron chi connectivity index (χ4n) is 2.34. The summed E-state index contributed by atoms with van der Waals surface area (Å²) in [7, 11) is 0. The summed E-state index contributed by atoms with van der Waals surface area (Å²) in [5, 5.41) is 9.04. The van der Waals surface area contributed by atoms with E-state index in [-0.39, 0.29) is 0 Å². The van der Waals surface area contributed by atoms with Gasteiger partial charge < -0.3 is 0 Å². The van der Waals surface area contributed by atoms with Crippen LogP contribution in [0.25, 0.3) is 5.65 Å². The molecule has 0 N–H and O–H groups in total. The molecule has 1 atom stereocenters. The molecule has 0 spiro atoms. The van der Waals surface area contributed by atoms with Crippen LogP contribution in [0.1, 0.15) is 35.4 Å². The van der Waals surface area contributed by atoms with Gasteiger partial charge in [0, 0.05) is 23.4 Å². The molecular weight excluding hydrogens is 246 g/mol. The zero-order valence-electron chi connectivity index (χ0n) is 10.1. The van der Waals surface area contributed by atoms with E-state index in [4.69, 9.17) is 0 Å². The third-order valence-corrected chi connectivity index (χ3v) is 4.71. The second kappa shape index (κ2) is 5.10. The van der Waals surface area contributed by atoms with E-state index in [9.17, 15) is 4.79 Å². The Morgan fingerprint density at radius 1 is 1.39 bits per heavy atom. The number of carbonyl (C=O) groups excluding carboxylic acids is 1. The maximum Gasteiger partial charge on any atom is 0.160 e. The van der Waals surface area contributed by atoms with Gasteiger partial charge in [-0.1, -0.05) is 6.42 Å². The molecule has 0 radical (unpaired) electrons. The zero-order chi connectivity index (χ0) is 12.4. The summed E-state index contributed by atoms with van der Waals surface area (Å²) in [6.07, 6.45) is 7.52. The van der Waals surface area contributed by atoms with Crippen molar-refractivity contribution in [3.8, 4) is 0 Å². The normalized spacial score (nSPS) is 20.1. The number of rotatable bonds is 3. The average molecular weight is 261 g/mol. The van der Waals surface area contributed by atoms with Gasteiger partial charge >= 0.3 is 0 Å². The molecule has 0 amide bonds. The first-order valence-corrected chi connectivity index (χ1v) is 7.32. The van der Waals surface area contributed by atoms with E-state index in [1.807, 2.05) is 28.4 Å². The van der Waals surface area contributed by atoms with Gasteiger partial charge in [-0.05, 0) is 30.7 Å². The molecule has 3 heterocycles. The summed E-state index contributed by atoms with van der Waals surface area (Å²) in [5.41, 5.74) is 1.48. The highest BCUT2D eigenvalue weighted by atomic mass is 32.2. The SMILES string of the molecule is O=Cc1ccc2nnc(CC3CCCCS3)n2c1. The maximum absolute atomic E-state index is 10.8. The standard InChI is InChI=1S/C13H15N3OS/c17-9-10-4-5-12-14-15-13(16(12)8-10)7-11-3-1-2-6-18-11/h4-5,8-9,11H,1-3,6-7H2. The van der Waals surface area contributed by atoms with Crippen LogP contribution in [0.15, 0.2) is 18.3 Å². The highest BCUT2D eigenvalue weighted by molar-refractivity contribution is 7.99. The Labute approximate surface area is 110 Å². The highest BCUT2D eigenvalue weighted by Gasteiger charge is 2.17. The molecule has 1 unspecified atom stereocenters. The minimum absolute atomic E-state index is 0.644. The van der Waals surface area contributed by atoms with Crippen molar-refractivity contribution in [1.82, 2.24) is 14.6 Å². The number of thioether (sulfide) groups is 1. The molecule has 4 nitrogen and oxygen atoms in total. The fraction of sp³-hybridized carbons (Fsp3) is 0.462. The van der Waals surface area contributed by atoms with Gasteiger partial charge in [0.1, 0.15) is 5.82 Å². The zero-order valence-corrected chi connectivity index (χ0v) is 10.9. The van der Waals surface area contributed by atoms with E-state index in [1.54, 1.807) is 6.07 Å². The number of fused-ring (bicyclic) bond motifs is 1. The Morgan fingerprint density at radius 2 is 2.33 bits per heavy atom. The summed E-state index contributed by atoms with van der Waals surface area (Å²) in [6, 6.07) is 3.62. The maximum atomic E-state index is 10.8. The van der Waals surface area contributed by atoms with Gasteiger partial charge in [-0.3, -0.25) is 9.20 Å². The highest BCUT2D eigenvalue weighted by Crippen LogP contribution is 2.27. The lowest BCUT2D eigenvalue weighted by atomic mass is 10.1. The smallest absolute Gasteiger partial charge is 0.160 e. The van der Waals surface area contributed by atoms with Crippen molar-refractivity contribution in [2.24, 2.45) is 0 Å². The summed E-state index contributed by atoms with van der Waals surface area (Å²) >= 11 is 2.03. The van der Waals surface area contributed by atoms with Gasteiger partial charge in [0.05, 0.1) is 0 Å². The van der Waals surface area contributed by atoms with Crippen LogP contribution < -0.4 is 0 Å². The third-order valence-electron chi connectivity index (χ3n) is 3.32. The second-order valence-corrected chi connectivity index (χ2v) is 6.03. The summed E-state index contributed by atoms with van der Waals surface area (Å²) in [5.74, 6) is 2.22.